The highest BCUT2D eigenvalue weighted by Crippen LogP contribution is 2.21. The molecule has 3 N–H and O–H groups in total. The van der Waals surface area contributed by atoms with Crippen molar-refractivity contribution in [3.05, 3.63) is 28.8 Å². The molecule has 0 atom stereocenters. The Bertz CT molecular complexity index is 414. The first-order valence-electron chi connectivity index (χ1n) is 6.49. The molecule has 0 radical (unpaired) electrons. The zero-order chi connectivity index (χ0) is 14.1. The maximum absolute atomic E-state index is 11.4. The maximum Gasteiger partial charge on any atom is 0.220 e. The van der Waals surface area contributed by atoms with Gasteiger partial charge in [0.25, 0.3) is 0 Å². The van der Waals surface area contributed by atoms with Gasteiger partial charge in [0.15, 0.2) is 0 Å². The number of nitrogens with one attached hydrogen (secondary N) is 1. The Morgan fingerprint density at radius 2 is 2.15 bits per heavy atom. The fourth-order valence-electron chi connectivity index (χ4n) is 1.55. The second-order valence-corrected chi connectivity index (χ2v) is 4.76. The van der Waals surface area contributed by atoms with E-state index in [1.165, 1.54) is 0 Å². The molecule has 114 valence electrons. The average molecular weight is 321 g/mol. The van der Waals surface area contributed by atoms with E-state index in [9.17, 15) is 4.79 Å². The Labute approximate surface area is 131 Å². The van der Waals surface area contributed by atoms with Gasteiger partial charge in [0.2, 0.25) is 5.91 Å². The number of benzene rings is 1. The van der Waals surface area contributed by atoms with E-state index in [-0.39, 0.29) is 18.3 Å². The fourth-order valence-corrected chi connectivity index (χ4v) is 1.67. The zero-order valence-electron chi connectivity index (χ0n) is 11.7. The maximum atomic E-state index is 11.4. The number of halogens is 2. The molecule has 0 saturated carbocycles. The lowest BCUT2D eigenvalue weighted by Gasteiger charge is -2.08. The van der Waals surface area contributed by atoms with Crippen LogP contribution in [-0.2, 0) is 4.79 Å². The lowest BCUT2D eigenvalue weighted by Crippen LogP contribution is -2.26. The van der Waals surface area contributed by atoms with E-state index < -0.39 is 0 Å². The number of amides is 1. The zero-order valence-corrected chi connectivity index (χ0v) is 13.2. The molecule has 1 aromatic rings. The molecule has 0 saturated heterocycles. The van der Waals surface area contributed by atoms with Crippen molar-refractivity contribution in [2.24, 2.45) is 5.73 Å². The molecule has 4 nitrogen and oxygen atoms in total. The lowest BCUT2D eigenvalue weighted by molar-refractivity contribution is -0.121. The number of nitrogens with two attached hydrogens (primary N) is 1. The fraction of sp³-hybridized carbons (Fsp3) is 0.500. The van der Waals surface area contributed by atoms with E-state index in [1.54, 1.807) is 0 Å². The molecule has 0 fully saturated rings. The molecule has 0 bridgehead atoms. The van der Waals surface area contributed by atoms with Gasteiger partial charge < -0.3 is 15.8 Å². The number of aryl methyl sites for hydroxylation is 1. The van der Waals surface area contributed by atoms with Crippen molar-refractivity contribution in [3.63, 3.8) is 0 Å². The van der Waals surface area contributed by atoms with Crippen LogP contribution in [0.5, 0.6) is 5.75 Å². The van der Waals surface area contributed by atoms with Gasteiger partial charge in [-0.25, -0.2) is 0 Å². The van der Waals surface area contributed by atoms with E-state index in [4.69, 9.17) is 22.1 Å². The summed E-state index contributed by atoms with van der Waals surface area (Å²) in [5, 5.41) is 3.54. The highest BCUT2D eigenvalue weighted by molar-refractivity contribution is 6.31. The minimum absolute atomic E-state index is 0. The normalized spacial score (nSPS) is 9.75. The van der Waals surface area contributed by atoms with Gasteiger partial charge in [-0.1, -0.05) is 11.6 Å². The smallest absolute Gasteiger partial charge is 0.220 e. The Hall–Kier alpha value is -0.970. The summed E-state index contributed by atoms with van der Waals surface area (Å²) in [6, 6.07) is 5.53. The molecule has 1 rings (SSSR count). The predicted molar refractivity (Wildman–Crippen MR) is 84.8 cm³/mol. The van der Waals surface area contributed by atoms with Crippen molar-refractivity contribution in [2.45, 2.75) is 26.2 Å². The van der Waals surface area contributed by atoms with Gasteiger partial charge in [0.05, 0.1) is 6.61 Å². The first-order chi connectivity index (χ1) is 9.13. The van der Waals surface area contributed by atoms with Crippen LogP contribution in [0.2, 0.25) is 5.02 Å². The van der Waals surface area contributed by atoms with Crippen molar-refractivity contribution in [3.8, 4) is 5.75 Å². The molecule has 0 heterocycles. The van der Waals surface area contributed by atoms with E-state index in [0.717, 1.165) is 22.8 Å². The number of hydrogen-bond donors (Lipinski definition) is 2. The van der Waals surface area contributed by atoms with Crippen molar-refractivity contribution in [2.75, 3.05) is 19.7 Å². The minimum Gasteiger partial charge on any atom is -0.494 e. The second kappa shape index (κ2) is 10.8. The quantitative estimate of drug-likeness (QED) is 0.724. The SMILES string of the molecule is Cc1cc(OCCCC(=O)NCCCN)ccc1Cl.Cl. The highest BCUT2D eigenvalue weighted by Gasteiger charge is 2.02. The summed E-state index contributed by atoms with van der Waals surface area (Å²) in [6.45, 7) is 3.69. The Kier molecular flexibility index (Phi) is 10.3. The van der Waals surface area contributed by atoms with Crippen LogP contribution >= 0.6 is 24.0 Å². The molecular formula is C14H22Cl2N2O2. The van der Waals surface area contributed by atoms with Crippen LogP contribution in [0.4, 0.5) is 0 Å². The van der Waals surface area contributed by atoms with Crippen LogP contribution < -0.4 is 15.8 Å². The predicted octanol–water partition coefficient (Wildman–Crippen LogP) is 2.69. The first-order valence-corrected chi connectivity index (χ1v) is 6.87. The van der Waals surface area contributed by atoms with E-state index in [1.807, 2.05) is 25.1 Å². The largest absolute Gasteiger partial charge is 0.494 e. The summed E-state index contributed by atoms with van der Waals surface area (Å²) in [7, 11) is 0. The van der Waals surface area contributed by atoms with Crippen LogP contribution in [-0.4, -0.2) is 25.6 Å². The molecule has 1 amide bonds. The van der Waals surface area contributed by atoms with Gasteiger partial charge in [-0.05, 0) is 50.1 Å². The summed E-state index contributed by atoms with van der Waals surface area (Å²) in [5.41, 5.74) is 6.33. The van der Waals surface area contributed by atoms with Crippen LogP contribution in [0.3, 0.4) is 0 Å². The van der Waals surface area contributed by atoms with E-state index in [0.29, 0.717) is 32.5 Å². The molecule has 0 aliphatic heterocycles. The summed E-state index contributed by atoms with van der Waals surface area (Å²) in [6.07, 6.45) is 1.97. The average Bonchev–Trinajstić information content (AvgIpc) is 2.39. The number of rotatable bonds is 8. The van der Waals surface area contributed by atoms with Gasteiger partial charge in [-0.15, -0.1) is 12.4 Å². The summed E-state index contributed by atoms with van der Waals surface area (Å²) in [4.78, 5) is 11.4. The molecular weight excluding hydrogens is 299 g/mol. The van der Waals surface area contributed by atoms with Gasteiger partial charge >= 0.3 is 0 Å². The van der Waals surface area contributed by atoms with Crippen LogP contribution in [0.15, 0.2) is 18.2 Å². The van der Waals surface area contributed by atoms with Gasteiger partial charge in [-0.3, -0.25) is 4.79 Å². The van der Waals surface area contributed by atoms with Gasteiger partial charge in [0, 0.05) is 18.0 Å². The topological polar surface area (TPSA) is 64.3 Å². The Balaban J connectivity index is 0.00000361. The molecule has 0 spiro atoms. The Morgan fingerprint density at radius 3 is 2.80 bits per heavy atom. The van der Waals surface area contributed by atoms with Crippen LogP contribution in [0.25, 0.3) is 0 Å². The third-order valence-electron chi connectivity index (χ3n) is 2.65. The van der Waals surface area contributed by atoms with Crippen molar-refractivity contribution < 1.29 is 9.53 Å². The van der Waals surface area contributed by atoms with Crippen molar-refractivity contribution in [1.82, 2.24) is 5.32 Å². The molecule has 20 heavy (non-hydrogen) atoms. The summed E-state index contributed by atoms with van der Waals surface area (Å²) < 4.78 is 5.56. The van der Waals surface area contributed by atoms with Crippen molar-refractivity contribution in [1.29, 1.82) is 0 Å². The molecule has 1 aromatic carbocycles. The number of ether oxygens (including phenoxy) is 1. The summed E-state index contributed by atoms with van der Waals surface area (Å²) >= 11 is 5.93. The van der Waals surface area contributed by atoms with E-state index >= 15 is 0 Å². The van der Waals surface area contributed by atoms with Gasteiger partial charge in [0.1, 0.15) is 5.75 Å². The minimum atomic E-state index is 0. The number of carbonyl (C=O) groups is 1. The van der Waals surface area contributed by atoms with Crippen LogP contribution in [0, 0.1) is 6.92 Å². The molecule has 6 heteroatoms. The second-order valence-electron chi connectivity index (χ2n) is 4.36. The first kappa shape index (κ1) is 19.0. The molecule has 0 aliphatic carbocycles. The number of hydrogen-bond acceptors (Lipinski definition) is 3. The molecule has 0 aromatic heterocycles. The Morgan fingerprint density at radius 1 is 1.40 bits per heavy atom. The molecule has 0 unspecified atom stereocenters. The highest BCUT2D eigenvalue weighted by atomic mass is 35.5. The third-order valence-corrected chi connectivity index (χ3v) is 3.07. The van der Waals surface area contributed by atoms with Gasteiger partial charge in [-0.2, -0.15) is 0 Å². The number of carbonyl (C=O) groups excluding carboxylic acids is 1. The van der Waals surface area contributed by atoms with E-state index in [2.05, 4.69) is 5.32 Å². The standard InChI is InChI=1S/C14H21ClN2O2.ClH/c1-11-10-12(5-6-13(11)15)19-9-2-4-14(18)17-8-3-7-16;/h5-6,10H,2-4,7-9,16H2,1H3,(H,17,18);1H. The lowest BCUT2D eigenvalue weighted by atomic mass is 10.2. The monoisotopic (exact) mass is 320 g/mol. The third kappa shape index (κ3) is 7.58. The summed E-state index contributed by atoms with van der Waals surface area (Å²) in [5.74, 6) is 0.828. The molecule has 0 aliphatic rings. The van der Waals surface area contributed by atoms with Crippen molar-refractivity contribution >= 4 is 29.9 Å². The van der Waals surface area contributed by atoms with Crippen LogP contribution in [0.1, 0.15) is 24.8 Å².